The van der Waals surface area contributed by atoms with E-state index in [0.717, 1.165) is 40.0 Å². The zero-order valence-electron chi connectivity index (χ0n) is 19.2. The Balaban J connectivity index is 1.34. The van der Waals surface area contributed by atoms with Crippen molar-refractivity contribution in [3.05, 3.63) is 96.3 Å². The first-order valence-electron chi connectivity index (χ1n) is 11.2. The molecule has 6 nitrogen and oxygen atoms in total. The van der Waals surface area contributed by atoms with Gasteiger partial charge in [0, 0.05) is 54.7 Å². The lowest BCUT2D eigenvalue weighted by molar-refractivity contribution is 0.419. The van der Waals surface area contributed by atoms with Crippen molar-refractivity contribution in [1.82, 2.24) is 9.97 Å². The number of nitrogens with zero attached hydrogens (tertiary/aromatic N) is 3. The summed E-state index contributed by atoms with van der Waals surface area (Å²) in [5.41, 5.74) is 5.91. The highest BCUT2D eigenvalue weighted by Gasteiger charge is 2.11. The lowest BCUT2D eigenvalue weighted by Crippen LogP contribution is -2.17. The zero-order valence-corrected chi connectivity index (χ0v) is 19.2. The van der Waals surface area contributed by atoms with Crippen LogP contribution in [-0.2, 0) is 13.1 Å². The van der Waals surface area contributed by atoms with E-state index in [9.17, 15) is 5.11 Å². The maximum Gasteiger partial charge on any atom is 0.145 e. The molecule has 6 heteroatoms. The first-order valence-corrected chi connectivity index (χ1v) is 11.2. The van der Waals surface area contributed by atoms with E-state index in [1.54, 1.807) is 25.6 Å². The summed E-state index contributed by atoms with van der Waals surface area (Å²) in [7, 11) is 3.72. The number of aromatic nitrogens is 2. The summed E-state index contributed by atoms with van der Waals surface area (Å²) in [6, 6.07) is 24.0. The molecule has 0 bridgehead atoms. The highest BCUT2D eigenvalue weighted by atomic mass is 16.5. The number of benzene rings is 3. The summed E-state index contributed by atoms with van der Waals surface area (Å²) in [5.74, 6) is 0.963. The number of ether oxygens (including phenoxy) is 1. The van der Waals surface area contributed by atoms with E-state index >= 15 is 0 Å². The standard InChI is InChI=1S/C28H26N4O2/c1-32(24-11-12-25(33)27-22(24)9-5-14-29-27)18-20-7-3-6-19(16-20)17-31-23-10-13-26(34-2)28-21(23)8-4-15-30-28/h3-16,31,33H,17-18H2,1-2H3. The molecular formula is C28H26N4O2. The van der Waals surface area contributed by atoms with Crippen LogP contribution in [0.2, 0.25) is 0 Å². The van der Waals surface area contributed by atoms with Crippen LogP contribution < -0.4 is 15.0 Å². The van der Waals surface area contributed by atoms with Gasteiger partial charge in [0.05, 0.1) is 7.11 Å². The minimum absolute atomic E-state index is 0.196. The van der Waals surface area contributed by atoms with Gasteiger partial charge in [-0.1, -0.05) is 24.3 Å². The Morgan fingerprint density at radius 1 is 0.853 bits per heavy atom. The maximum absolute atomic E-state index is 10.2. The van der Waals surface area contributed by atoms with E-state index in [4.69, 9.17) is 4.74 Å². The van der Waals surface area contributed by atoms with Crippen LogP contribution in [0.3, 0.4) is 0 Å². The predicted molar refractivity (Wildman–Crippen MR) is 138 cm³/mol. The van der Waals surface area contributed by atoms with Crippen molar-refractivity contribution in [2.24, 2.45) is 0 Å². The average molecular weight is 451 g/mol. The van der Waals surface area contributed by atoms with Crippen LogP contribution in [0, 0.1) is 0 Å². The topological polar surface area (TPSA) is 70.5 Å². The highest BCUT2D eigenvalue weighted by molar-refractivity contribution is 5.96. The second-order valence-corrected chi connectivity index (χ2v) is 8.25. The van der Waals surface area contributed by atoms with E-state index in [1.807, 2.05) is 36.4 Å². The Morgan fingerprint density at radius 3 is 2.44 bits per heavy atom. The number of hydrogen-bond donors (Lipinski definition) is 2. The molecule has 0 saturated heterocycles. The fourth-order valence-corrected chi connectivity index (χ4v) is 4.34. The number of aromatic hydroxyl groups is 1. The SMILES string of the molecule is COc1ccc(NCc2cccc(CN(C)c3ccc(O)c4ncccc34)c2)c2cccnc12. The lowest BCUT2D eigenvalue weighted by atomic mass is 10.1. The Bertz CT molecular complexity index is 1470. The minimum atomic E-state index is 0.196. The zero-order chi connectivity index (χ0) is 23.5. The van der Waals surface area contributed by atoms with Gasteiger partial charge in [-0.15, -0.1) is 0 Å². The van der Waals surface area contributed by atoms with Gasteiger partial charge < -0.3 is 20.1 Å². The first kappa shape index (κ1) is 21.5. The minimum Gasteiger partial charge on any atom is -0.506 e. The third kappa shape index (κ3) is 4.18. The van der Waals surface area contributed by atoms with Gasteiger partial charge in [0.1, 0.15) is 22.5 Å². The van der Waals surface area contributed by atoms with Crippen molar-refractivity contribution >= 4 is 33.2 Å². The molecule has 0 aliphatic rings. The predicted octanol–water partition coefficient (Wildman–Crippen LogP) is 5.75. The molecule has 0 amide bonds. The summed E-state index contributed by atoms with van der Waals surface area (Å²) in [5, 5.41) is 15.7. The Morgan fingerprint density at radius 2 is 1.62 bits per heavy atom. The van der Waals surface area contributed by atoms with Crippen molar-refractivity contribution in [1.29, 1.82) is 0 Å². The van der Waals surface area contributed by atoms with Crippen LogP contribution in [0.5, 0.6) is 11.5 Å². The Kier molecular flexibility index (Phi) is 5.87. The molecule has 0 spiro atoms. The summed E-state index contributed by atoms with van der Waals surface area (Å²) in [6.07, 6.45) is 3.48. The first-order chi connectivity index (χ1) is 16.6. The molecule has 170 valence electrons. The third-order valence-electron chi connectivity index (χ3n) is 5.98. The highest BCUT2D eigenvalue weighted by Crippen LogP contribution is 2.32. The van der Waals surface area contributed by atoms with Gasteiger partial charge in [0.15, 0.2) is 0 Å². The molecule has 3 aromatic carbocycles. The molecule has 2 aromatic heterocycles. The van der Waals surface area contributed by atoms with Crippen molar-refractivity contribution in [2.45, 2.75) is 13.1 Å². The van der Waals surface area contributed by atoms with Crippen LogP contribution >= 0.6 is 0 Å². The fourth-order valence-electron chi connectivity index (χ4n) is 4.34. The van der Waals surface area contributed by atoms with E-state index in [1.165, 1.54) is 11.1 Å². The molecule has 2 N–H and O–H groups in total. The molecule has 0 saturated carbocycles. The number of nitrogens with one attached hydrogen (secondary N) is 1. The van der Waals surface area contributed by atoms with E-state index < -0.39 is 0 Å². The van der Waals surface area contributed by atoms with Crippen LogP contribution in [-0.4, -0.2) is 29.2 Å². The second kappa shape index (κ2) is 9.27. The second-order valence-electron chi connectivity index (χ2n) is 8.25. The van der Waals surface area contributed by atoms with E-state index in [0.29, 0.717) is 12.1 Å². The van der Waals surface area contributed by atoms with Crippen LogP contribution in [0.15, 0.2) is 85.2 Å². The maximum atomic E-state index is 10.2. The number of hydrogen-bond acceptors (Lipinski definition) is 6. The summed E-state index contributed by atoms with van der Waals surface area (Å²) >= 11 is 0. The normalized spacial score (nSPS) is 11.0. The summed E-state index contributed by atoms with van der Waals surface area (Å²) < 4.78 is 5.45. The summed E-state index contributed by atoms with van der Waals surface area (Å²) in [4.78, 5) is 11.0. The van der Waals surface area contributed by atoms with Gasteiger partial charge in [-0.25, -0.2) is 0 Å². The van der Waals surface area contributed by atoms with E-state index in [-0.39, 0.29) is 5.75 Å². The molecule has 34 heavy (non-hydrogen) atoms. The summed E-state index contributed by atoms with van der Waals surface area (Å²) in [6.45, 7) is 1.43. The molecular weight excluding hydrogens is 424 g/mol. The van der Waals surface area contributed by atoms with Crippen molar-refractivity contribution in [2.75, 3.05) is 24.4 Å². The van der Waals surface area contributed by atoms with Gasteiger partial charge in [0.2, 0.25) is 0 Å². The van der Waals surface area contributed by atoms with E-state index in [2.05, 4.69) is 57.6 Å². The van der Waals surface area contributed by atoms with Gasteiger partial charge in [0.25, 0.3) is 0 Å². The van der Waals surface area contributed by atoms with Crippen molar-refractivity contribution in [3.8, 4) is 11.5 Å². The third-order valence-corrected chi connectivity index (χ3v) is 5.98. The molecule has 0 atom stereocenters. The van der Waals surface area contributed by atoms with Gasteiger partial charge in [-0.3, -0.25) is 9.97 Å². The van der Waals surface area contributed by atoms with Gasteiger partial charge in [-0.2, -0.15) is 0 Å². The number of phenols is 1. The molecule has 5 rings (SSSR count). The number of rotatable bonds is 7. The average Bonchev–Trinajstić information content (AvgIpc) is 2.88. The Labute approximate surface area is 198 Å². The molecule has 0 aliphatic carbocycles. The number of pyridine rings is 2. The number of methoxy groups -OCH3 is 1. The van der Waals surface area contributed by atoms with Gasteiger partial charge >= 0.3 is 0 Å². The van der Waals surface area contributed by atoms with Crippen molar-refractivity contribution < 1.29 is 9.84 Å². The lowest BCUT2D eigenvalue weighted by Gasteiger charge is -2.22. The number of fused-ring (bicyclic) bond motifs is 2. The molecule has 5 aromatic rings. The number of phenolic OH excluding ortho intramolecular Hbond substituents is 1. The van der Waals surface area contributed by atoms with Crippen LogP contribution in [0.4, 0.5) is 11.4 Å². The van der Waals surface area contributed by atoms with Crippen LogP contribution in [0.25, 0.3) is 21.8 Å². The molecule has 2 heterocycles. The smallest absolute Gasteiger partial charge is 0.145 e. The van der Waals surface area contributed by atoms with Crippen molar-refractivity contribution in [3.63, 3.8) is 0 Å². The van der Waals surface area contributed by atoms with Crippen LogP contribution in [0.1, 0.15) is 11.1 Å². The quantitative estimate of drug-likeness (QED) is 0.329. The molecule has 0 fully saturated rings. The molecule has 0 radical (unpaired) electrons. The van der Waals surface area contributed by atoms with Gasteiger partial charge in [-0.05, 0) is 59.7 Å². The molecule has 0 unspecified atom stereocenters. The Hall–Kier alpha value is -4.32. The monoisotopic (exact) mass is 450 g/mol. The number of anilines is 2. The molecule has 0 aliphatic heterocycles. The largest absolute Gasteiger partial charge is 0.506 e. The fraction of sp³-hybridized carbons (Fsp3) is 0.143.